The van der Waals surface area contributed by atoms with E-state index in [1.54, 1.807) is 6.21 Å². The van der Waals surface area contributed by atoms with Crippen molar-refractivity contribution in [1.29, 1.82) is 0 Å². The van der Waals surface area contributed by atoms with E-state index in [9.17, 15) is 4.79 Å². The van der Waals surface area contributed by atoms with Crippen molar-refractivity contribution in [1.82, 2.24) is 10.4 Å². The van der Waals surface area contributed by atoms with E-state index in [1.165, 1.54) is 5.69 Å². The van der Waals surface area contributed by atoms with E-state index >= 15 is 0 Å². The predicted octanol–water partition coefficient (Wildman–Crippen LogP) is 4.46. The van der Waals surface area contributed by atoms with Crippen molar-refractivity contribution in [3.8, 4) is 0 Å². The third-order valence-corrected chi connectivity index (χ3v) is 4.88. The number of hydrogen-bond acceptors (Lipinski definition) is 4. The summed E-state index contributed by atoms with van der Waals surface area (Å²) in [5.41, 5.74) is 7.97. The van der Waals surface area contributed by atoms with Crippen LogP contribution in [0.3, 0.4) is 0 Å². The summed E-state index contributed by atoms with van der Waals surface area (Å²) in [4.78, 5) is 19.4. The standard InChI is InChI=1S/C23H26N4O/c1-5-27(6-2)20-12-10-18(11-13-20)15-24-26-23(28)21-14-19-9-7-8-16(3)22(19)25-17(21)4/h7-15H,5-6H2,1-4H3,(H,26,28)/b24-15+. The molecule has 0 aliphatic heterocycles. The summed E-state index contributed by atoms with van der Waals surface area (Å²) < 4.78 is 0. The molecule has 1 heterocycles. The monoisotopic (exact) mass is 374 g/mol. The second-order valence-electron chi connectivity index (χ2n) is 6.73. The van der Waals surface area contributed by atoms with Gasteiger partial charge < -0.3 is 4.90 Å². The molecule has 0 aliphatic carbocycles. The highest BCUT2D eigenvalue weighted by Gasteiger charge is 2.11. The number of carbonyl (C=O) groups is 1. The molecule has 0 spiro atoms. The first-order valence-corrected chi connectivity index (χ1v) is 9.58. The largest absolute Gasteiger partial charge is 0.372 e. The average molecular weight is 374 g/mol. The number of amides is 1. The first kappa shape index (κ1) is 19.5. The summed E-state index contributed by atoms with van der Waals surface area (Å²) in [5.74, 6) is -0.260. The molecule has 144 valence electrons. The molecule has 0 bridgehead atoms. The van der Waals surface area contributed by atoms with Crippen LogP contribution in [0.4, 0.5) is 5.69 Å². The number of nitrogens with one attached hydrogen (secondary N) is 1. The van der Waals surface area contributed by atoms with Gasteiger partial charge in [0.1, 0.15) is 0 Å². The summed E-state index contributed by atoms with van der Waals surface area (Å²) in [5, 5.41) is 5.06. The van der Waals surface area contributed by atoms with Crippen LogP contribution in [0.5, 0.6) is 0 Å². The van der Waals surface area contributed by atoms with Crippen molar-refractivity contribution in [3.63, 3.8) is 0 Å². The summed E-state index contributed by atoms with van der Waals surface area (Å²) in [7, 11) is 0. The zero-order chi connectivity index (χ0) is 20.1. The molecule has 0 unspecified atom stereocenters. The van der Waals surface area contributed by atoms with Crippen LogP contribution in [0.25, 0.3) is 10.9 Å². The molecule has 5 nitrogen and oxygen atoms in total. The van der Waals surface area contributed by atoms with Gasteiger partial charge in [-0.1, -0.05) is 30.3 Å². The number of pyridine rings is 1. The lowest BCUT2D eigenvalue weighted by molar-refractivity contribution is 0.0954. The van der Waals surface area contributed by atoms with Gasteiger partial charge in [0.15, 0.2) is 0 Å². The highest BCUT2D eigenvalue weighted by atomic mass is 16.2. The summed E-state index contributed by atoms with van der Waals surface area (Å²) in [6.07, 6.45) is 1.65. The Labute approximate surface area is 166 Å². The molecule has 0 atom stereocenters. The van der Waals surface area contributed by atoms with Crippen LogP contribution in [0.1, 0.15) is 41.0 Å². The van der Waals surface area contributed by atoms with Crippen molar-refractivity contribution in [3.05, 3.63) is 70.9 Å². The van der Waals surface area contributed by atoms with Crippen LogP contribution in [-0.2, 0) is 0 Å². The fraction of sp³-hybridized carbons (Fsp3) is 0.261. The molecule has 3 aromatic rings. The van der Waals surface area contributed by atoms with E-state index in [-0.39, 0.29) is 5.91 Å². The third-order valence-electron chi connectivity index (χ3n) is 4.88. The molecule has 0 aliphatic rings. The lowest BCUT2D eigenvalue weighted by atomic mass is 10.1. The first-order chi connectivity index (χ1) is 13.5. The maximum absolute atomic E-state index is 12.5. The van der Waals surface area contributed by atoms with Crippen molar-refractivity contribution in [2.45, 2.75) is 27.7 Å². The normalized spacial score (nSPS) is 11.1. The van der Waals surface area contributed by atoms with Crippen molar-refractivity contribution >= 4 is 28.7 Å². The highest BCUT2D eigenvalue weighted by molar-refractivity contribution is 5.99. The number of para-hydroxylation sites is 1. The van der Waals surface area contributed by atoms with Gasteiger partial charge >= 0.3 is 0 Å². The second kappa shape index (κ2) is 8.65. The van der Waals surface area contributed by atoms with E-state index < -0.39 is 0 Å². The molecular formula is C23H26N4O. The Morgan fingerprint density at radius 1 is 1.11 bits per heavy atom. The number of nitrogens with zero attached hydrogens (tertiary/aromatic N) is 3. The maximum atomic E-state index is 12.5. The van der Waals surface area contributed by atoms with Crippen LogP contribution in [0.15, 0.2) is 53.6 Å². The SMILES string of the molecule is CCN(CC)c1ccc(/C=N/NC(=O)c2cc3cccc(C)c3nc2C)cc1. The number of fused-ring (bicyclic) bond motifs is 1. The smallest absolute Gasteiger partial charge is 0.273 e. The number of rotatable bonds is 6. The molecule has 0 fully saturated rings. The Kier molecular flexibility index (Phi) is 6.04. The fourth-order valence-electron chi connectivity index (χ4n) is 3.25. The van der Waals surface area contributed by atoms with Gasteiger partial charge in [0, 0.05) is 24.2 Å². The Bertz CT molecular complexity index is 1010. The Morgan fingerprint density at radius 3 is 2.50 bits per heavy atom. The summed E-state index contributed by atoms with van der Waals surface area (Å²) in [6, 6.07) is 15.9. The summed E-state index contributed by atoms with van der Waals surface area (Å²) in [6.45, 7) is 10.1. The fourth-order valence-corrected chi connectivity index (χ4v) is 3.25. The molecule has 1 N–H and O–H groups in total. The molecule has 1 amide bonds. The van der Waals surface area contributed by atoms with E-state index in [4.69, 9.17) is 0 Å². The van der Waals surface area contributed by atoms with E-state index in [1.807, 2.05) is 50.2 Å². The van der Waals surface area contributed by atoms with Crippen LogP contribution < -0.4 is 10.3 Å². The number of hydrazone groups is 1. The zero-order valence-corrected chi connectivity index (χ0v) is 16.9. The van der Waals surface area contributed by atoms with Crippen LogP contribution in [-0.4, -0.2) is 30.2 Å². The molecule has 0 radical (unpaired) electrons. The molecule has 0 saturated carbocycles. The van der Waals surface area contributed by atoms with E-state index in [2.05, 4.69) is 46.4 Å². The minimum absolute atomic E-state index is 0.260. The van der Waals surface area contributed by atoms with Crippen LogP contribution in [0.2, 0.25) is 0 Å². The van der Waals surface area contributed by atoms with Gasteiger partial charge in [-0.3, -0.25) is 9.78 Å². The Hall–Kier alpha value is -3.21. The molecule has 0 saturated heterocycles. The maximum Gasteiger partial charge on any atom is 0.273 e. The molecule has 3 rings (SSSR count). The van der Waals surface area contributed by atoms with Crippen LogP contribution >= 0.6 is 0 Å². The number of benzene rings is 2. The average Bonchev–Trinajstić information content (AvgIpc) is 2.70. The van der Waals surface area contributed by atoms with Crippen molar-refractivity contribution in [2.24, 2.45) is 5.10 Å². The number of hydrogen-bond donors (Lipinski definition) is 1. The van der Waals surface area contributed by atoms with Gasteiger partial charge in [-0.05, 0) is 57.0 Å². The number of aromatic nitrogens is 1. The second-order valence-corrected chi connectivity index (χ2v) is 6.73. The van der Waals surface area contributed by atoms with Crippen LogP contribution in [0, 0.1) is 13.8 Å². The van der Waals surface area contributed by atoms with Gasteiger partial charge in [-0.15, -0.1) is 0 Å². The molecule has 5 heteroatoms. The van der Waals surface area contributed by atoms with Gasteiger partial charge in [0.05, 0.1) is 23.0 Å². The third kappa shape index (κ3) is 4.19. The van der Waals surface area contributed by atoms with Crippen molar-refractivity contribution < 1.29 is 4.79 Å². The molecule has 2 aromatic carbocycles. The minimum atomic E-state index is -0.260. The van der Waals surface area contributed by atoms with Gasteiger partial charge in [0.25, 0.3) is 5.91 Å². The topological polar surface area (TPSA) is 57.6 Å². The van der Waals surface area contributed by atoms with Gasteiger partial charge in [-0.25, -0.2) is 5.43 Å². The van der Waals surface area contributed by atoms with E-state index in [0.717, 1.165) is 35.1 Å². The van der Waals surface area contributed by atoms with Gasteiger partial charge in [-0.2, -0.15) is 5.10 Å². The Balaban J connectivity index is 1.71. The molecule has 1 aromatic heterocycles. The number of anilines is 1. The first-order valence-electron chi connectivity index (χ1n) is 9.58. The zero-order valence-electron chi connectivity index (χ0n) is 16.9. The summed E-state index contributed by atoms with van der Waals surface area (Å²) >= 11 is 0. The predicted molar refractivity (Wildman–Crippen MR) is 116 cm³/mol. The molecular weight excluding hydrogens is 348 g/mol. The minimum Gasteiger partial charge on any atom is -0.372 e. The Morgan fingerprint density at radius 2 is 1.82 bits per heavy atom. The molecule has 28 heavy (non-hydrogen) atoms. The van der Waals surface area contributed by atoms with E-state index in [0.29, 0.717) is 11.3 Å². The number of carbonyl (C=O) groups excluding carboxylic acids is 1. The lowest BCUT2D eigenvalue weighted by Gasteiger charge is -2.20. The van der Waals surface area contributed by atoms with Gasteiger partial charge in [0.2, 0.25) is 0 Å². The highest BCUT2D eigenvalue weighted by Crippen LogP contribution is 2.19. The lowest BCUT2D eigenvalue weighted by Crippen LogP contribution is -2.21. The van der Waals surface area contributed by atoms with Crippen molar-refractivity contribution in [2.75, 3.05) is 18.0 Å². The number of aryl methyl sites for hydroxylation is 2. The quantitative estimate of drug-likeness (QED) is 0.512.